The van der Waals surface area contributed by atoms with Gasteiger partial charge < -0.3 is 14.4 Å². The van der Waals surface area contributed by atoms with Crippen molar-refractivity contribution in [3.63, 3.8) is 0 Å². The standard InChI is InChI=1S/C50H38N2O3S/c1-49(2)43-15-9-7-13-39(43)41-23-19-33(27-45(41)49)52(34-20-24-42-40-14-8-10-16-44(40)50(3,4)46(42)28-34)35-18-17-31-25-36(55-47(31)29-35)11-5-6-12-37-21-22-38(56-37)26-32(30-51)48(53)54/h5-29H,1-4H3,(H,53,54)/b11-5+,12-6+,32-26+. The molecular formula is C50H38N2O3S. The summed E-state index contributed by atoms with van der Waals surface area (Å²) in [5.74, 6) is -0.499. The monoisotopic (exact) mass is 746 g/mol. The molecule has 2 aromatic heterocycles. The molecule has 9 rings (SSSR count). The minimum absolute atomic E-state index is 0.139. The average Bonchev–Trinajstić information content (AvgIpc) is 3.94. The second-order valence-electron chi connectivity index (χ2n) is 15.4. The highest BCUT2D eigenvalue weighted by Crippen LogP contribution is 2.53. The number of hydrogen-bond donors (Lipinski definition) is 1. The molecule has 2 heterocycles. The molecule has 0 bridgehead atoms. The van der Waals surface area contributed by atoms with E-state index in [1.807, 2.05) is 36.4 Å². The average molecular weight is 747 g/mol. The van der Waals surface area contributed by atoms with Gasteiger partial charge in [0.15, 0.2) is 0 Å². The SMILES string of the molecule is CC1(C)c2ccccc2-c2ccc(N(c3ccc4c(c3)C(C)(C)c3ccccc3-4)c3ccc4cc(/C=C/C=C/c5ccc(/C=C(\C#N)C(=O)O)s5)oc4c3)cc21. The molecule has 0 saturated carbocycles. The smallest absolute Gasteiger partial charge is 0.346 e. The summed E-state index contributed by atoms with van der Waals surface area (Å²) in [6.07, 6.45) is 9.10. The lowest BCUT2D eigenvalue weighted by molar-refractivity contribution is -0.132. The van der Waals surface area contributed by atoms with Gasteiger partial charge in [0, 0.05) is 49.1 Å². The Labute approximate surface area is 330 Å². The summed E-state index contributed by atoms with van der Waals surface area (Å²) in [7, 11) is 0. The summed E-state index contributed by atoms with van der Waals surface area (Å²) in [6.45, 7) is 9.29. The zero-order valence-electron chi connectivity index (χ0n) is 31.5. The van der Waals surface area contributed by atoms with E-state index in [2.05, 4.69) is 136 Å². The van der Waals surface area contributed by atoms with E-state index in [1.165, 1.54) is 61.9 Å². The van der Waals surface area contributed by atoms with Crippen LogP contribution < -0.4 is 4.90 Å². The molecule has 2 aliphatic rings. The van der Waals surface area contributed by atoms with Crippen molar-refractivity contribution in [2.24, 2.45) is 0 Å². The molecule has 56 heavy (non-hydrogen) atoms. The van der Waals surface area contributed by atoms with Gasteiger partial charge in [0.2, 0.25) is 0 Å². The number of furan rings is 1. The largest absolute Gasteiger partial charge is 0.477 e. The Balaban J connectivity index is 1.08. The van der Waals surface area contributed by atoms with Crippen LogP contribution in [0.5, 0.6) is 0 Å². The van der Waals surface area contributed by atoms with E-state index in [1.54, 1.807) is 12.1 Å². The third kappa shape index (κ3) is 5.80. The third-order valence-corrected chi connectivity index (χ3v) is 12.3. The first-order valence-electron chi connectivity index (χ1n) is 18.7. The number of benzene rings is 5. The van der Waals surface area contributed by atoms with Gasteiger partial charge in [-0.15, -0.1) is 11.3 Å². The van der Waals surface area contributed by atoms with Gasteiger partial charge in [-0.25, -0.2) is 4.79 Å². The molecule has 0 aliphatic heterocycles. The normalized spacial score (nSPS) is 14.8. The second kappa shape index (κ2) is 13.3. The summed E-state index contributed by atoms with van der Waals surface area (Å²) in [4.78, 5) is 15.2. The number of nitrogens with zero attached hydrogens (tertiary/aromatic N) is 2. The maximum Gasteiger partial charge on any atom is 0.346 e. The lowest BCUT2D eigenvalue weighted by atomic mass is 9.82. The molecule has 0 saturated heterocycles. The molecule has 1 N–H and O–H groups in total. The van der Waals surface area contributed by atoms with Gasteiger partial charge in [0.25, 0.3) is 0 Å². The van der Waals surface area contributed by atoms with E-state index in [-0.39, 0.29) is 16.4 Å². The fourth-order valence-corrected chi connectivity index (χ4v) is 9.36. The fraction of sp³-hybridized carbons (Fsp3) is 0.120. The zero-order chi connectivity index (χ0) is 38.8. The van der Waals surface area contributed by atoms with E-state index >= 15 is 0 Å². The van der Waals surface area contributed by atoms with E-state index in [9.17, 15) is 4.79 Å². The minimum Gasteiger partial charge on any atom is -0.477 e. The van der Waals surface area contributed by atoms with Crippen LogP contribution in [0.1, 0.15) is 65.5 Å². The molecule has 2 aliphatic carbocycles. The number of thiophene rings is 1. The summed E-state index contributed by atoms with van der Waals surface area (Å²) in [6, 6.07) is 45.2. The quantitative estimate of drug-likeness (QED) is 0.0952. The van der Waals surface area contributed by atoms with E-state index < -0.39 is 5.97 Å². The van der Waals surface area contributed by atoms with Crippen molar-refractivity contribution in [1.29, 1.82) is 5.26 Å². The van der Waals surface area contributed by atoms with Crippen LogP contribution in [0, 0.1) is 11.3 Å². The molecular weight excluding hydrogens is 709 g/mol. The highest BCUT2D eigenvalue weighted by Gasteiger charge is 2.37. The number of fused-ring (bicyclic) bond motifs is 7. The molecule has 7 aromatic rings. The number of rotatable bonds is 8. The van der Waals surface area contributed by atoms with Crippen LogP contribution in [0.25, 0.3) is 51.5 Å². The van der Waals surface area contributed by atoms with Crippen LogP contribution in [0.2, 0.25) is 0 Å². The van der Waals surface area contributed by atoms with Gasteiger partial charge in [0.1, 0.15) is 23.0 Å². The molecule has 0 atom stereocenters. The lowest BCUT2D eigenvalue weighted by Gasteiger charge is -2.29. The summed E-state index contributed by atoms with van der Waals surface area (Å²) in [5, 5.41) is 19.2. The molecule has 0 radical (unpaired) electrons. The van der Waals surface area contributed by atoms with Crippen LogP contribution >= 0.6 is 11.3 Å². The van der Waals surface area contributed by atoms with Gasteiger partial charge >= 0.3 is 5.97 Å². The van der Waals surface area contributed by atoms with Gasteiger partial charge in [-0.2, -0.15) is 5.26 Å². The predicted molar refractivity (Wildman–Crippen MR) is 230 cm³/mol. The lowest BCUT2D eigenvalue weighted by Crippen LogP contribution is -2.18. The molecule has 0 unspecified atom stereocenters. The molecule has 5 aromatic carbocycles. The van der Waals surface area contributed by atoms with Crippen LogP contribution in [-0.2, 0) is 15.6 Å². The van der Waals surface area contributed by atoms with Crippen molar-refractivity contribution < 1.29 is 14.3 Å². The Kier molecular flexibility index (Phi) is 8.30. The number of nitriles is 1. The molecule has 5 nitrogen and oxygen atoms in total. The van der Waals surface area contributed by atoms with Crippen molar-refractivity contribution in [3.05, 3.63) is 177 Å². The van der Waals surface area contributed by atoms with Gasteiger partial charge in [0.05, 0.1) is 0 Å². The predicted octanol–water partition coefficient (Wildman–Crippen LogP) is 13.3. The number of carboxylic acids is 1. The number of carboxylic acid groups (broad SMARTS) is 1. The maximum absolute atomic E-state index is 11.2. The Hall–Kier alpha value is -6.68. The first-order valence-corrected chi connectivity index (χ1v) is 19.5. The van der Waals surface area contributed by atoms with Crippen LogP contribution in [0.15, 0.2) is 143 Å². The molecule has 0 fully saturated rings. The van der Waals surface area contributed by atoms with Crippen molar-refractivity contribution >= 4 is 63.6 Å². The van der Waals surface area contributed by atoms with Crippen LogP contribution in [-0.4, -0.2) is 11.1 Å². The van der Waals surface area contributed by atoms with Crippen molar-refractivity contribution in [2.75, 3.05) is 4.90 Å². The van der Waals surface area contributed by atoms with E-state index in [0.29, 0.717) is 4.88 Å². The Morgan fingerprint density at radius 3 is 1.80 bits per heavy atom. The van der Waals surface area contributed by atoms with Crippen LogP contribution in [0.4, 0.5) is 17.1 Å². The first-order chi connectivity index (χ1) is 27.0. The van der Waals surface area contributed by atoms with E-state index in [0.717, 1.165) is 38.7 Å². The minimum atomic E-state index is -1.23. The van der Waals surface area contributed by atoms with Crippen LogP contribution in [0.3, 0.4) is 0 Å². The van der Waals surface area contributed by atoms with Gasteiger partial charge in [-0.1, -0.05) is 101 Å². The topological polar surface area (TPSA) is 77.5 Å². The zero-order valence-corrected chi connectivity index (χ0v) is 32.3. The highest BCUT2D eigenvalue weighted by molar-refractivity contribution is 7.13. The van der Waals surface area contributed by atoms with Crippen molar-refractivity contribution in [3.8, 4) is 28.3 Å². The summed E-state index contributed by atoms with van der Waals surface area (Å²) >= 11 is 1.41. The Bertz CT molecular complexity index is 2770. The molecule has 272 valence electrons. The maximum atomic E-state index is 11.2. The number of hydrogen-bond acceptors (Lipinski definition) is 5. The van der Waals surface area contributed by atoms with Gasteiger partial charge in [-0.3, -0.25) is 0 Å². The highest BCUT2D eigenvalue weighted by atomic mass is 32.1. The number of carbonyl (C=O) groups is 1. The number of allylic oxidation sites excluding steroid dienone is 2. The van der Waals surface area contributed by atoms with Gasteiger partial charge in [-0.05, 0) is 117 Å². The summed E-state index contributed by atoms with van der Waals surface area (Å²) in [5.41, 5.74) is 13.9. The summed E-state index contributed by atoms with van der Waals surface area (Å²) < 4.78 is 6.43. The fourth-order valence-electron chi connectivity index (χ4n) is 8.49. The number of aliphatic carboxylic acids is 1. The Morgan fingerprint density at radius 2 is 1.20 bits per heavy atom. The van der Waals surface area contributed by atoms with E-state index in [4.69, 9.17) is 14.8 Å². The third-order valence-electron chi connectivity index (χ3n) is 11.3. The Morgan fingerprint density at radius 1 is 0.661 bits per heavy atom. The van der Waals surface area contributed by atoms with Crippen molar-refractivity contribution in [1.82, 2.24) is 0 Å². The molecule has 0 spiro atoms. The molecule has 0 amide bonds. The van der Waals surface area contributed by atoms with Crippen molar-refractivity contribution in [2.45, 2.75) is 38.5 Å². The number of anilines is 3. The first kappa shape index (κ1) is 35.0. The second-order valence-corrected chi connectivity index (χ2v) is 16.6. The molecule has 6 heteroatoms.